The predicted molar refractivity (Wildman–Crippen MR) is 258 cm³/mol. The zero-order chi connectivity index (χ0) is 48.2. The summed E-state index contributed by atoms with van der Waals surface area (Å²) >= 11 is 0. The average Bonchev–Trinajstić information content (AvgIpc) is 3.31. The molecular formula is C52H97NO13. The van der Waals surface area contributed by atoms with Crippen molar-refractivity contribution in [1.82, 2.24) is 5.32 Å². The molecule has 2 aliphatic rings. The van der Waals surface area contributed by atoms with Crippen LogP contribution in [-0.2, 0) is 23.7 Å². The van der Waals surface area contributed by atoms with E-state index in [9.17, 15) is 45.6 Å². The van der Waals surface area contributed by atoms with Crippen LogP contribution in [0.15, 0.2) is 24.3 Å². The number of rotatable bonds is 41. The number of amides is 1. The number of nitrogens with one attached hydrogen (secondary N) is 1. The number of aliphatic hydroxyl groups excluding tert-OH is 8. The minimum atomic E-state index is -1.79. The highest BCUT2D eigenvalue weighted by atomic mass is 16.7. The molecule has 0 aliphatic carbocycles. The standard InChI is InChI=1S/C52H97NO13/c1-3-5-7-9-11-13-15-17-18-19-20-21-22-24-25-27-29-31-33-35-41(56)40(53-44(57)36-34-32-30-28-26-23-16-14-12-10-8-6-4-2)39-63-51-49(62)47(60)50(43(38-55)65-51)66-52-48(61)46(59)45(58)42(37-54)64-52/h14,16,33,35,40-43,45-52,54-56,58-62H,3-13,15,17-32,34,36-39H2,1-2H3,(H,53,57)/b16-14-,35-33+. The van der Waals surface area contributed by atoms with Gasteiger partial charge in [0.25, 0.3) is 0 Å². The van der Waals surface area contributed by atoms with E-state index in [4.69, 9.17) is 18.9 Å². The maximum absolute atomic E-state index is 13.2. The molecular weight excluding hydrogens is 847 g/mol. The van der Waals surface area contributed by atoms with Gasteiger partial charge >= 0.3 is 0 Å². The van der Waals surface area contributed by atoms with Gasteiger partial charge in [0.1, 0.15) is 48.8 Å². The number of carbonyl (C=O) groups excluding carboxylic acids is 1. The number of hydrogen-bond acceptors (Lipinski definition) is 13. The summed E-state index contributed by atoms with van der Waals surface area (Å²) in [5.41, 5.74) is 0. The topological polar surface area (TPSA) is 228 Å². The van der Waals surface area contributed by atoms with Crippen molar-refractivity contribution < 1.29 is 64.6 Å². The maximum Gasteiger partial charge on any atom is 0.220 e. The van der Waals surface area contributed by atoms with Gasteiger partial charge in [0, 0.05) is 6.42 Å². The number of allylic oxidation sites excluding steroid dienone is 3. The predicted octanol–water partition coefficient (Wildman–Crippen LogP) is 7.33. The molecule has 0 aromatic rings. The number of unbranched alkanes of at least 4 members (excludes halogenated alkanes) is 26. The monoisotopic (exact) mass is 944 g/mol. The Morgan fingerprint density at radius 1 is 0.530 bits per heavy atom. The summed E-state index contributed by atoms with van der Waals surface area (Å²) in [5.74, 6) is -0.249. The van der Waals surface area contributed by atoms with Crippen molar-refractivity contribution in [3.63, 3.8) is 0 Å². The fourth-order valence-corrected chi connectivity index (χ4v) is 8.76. The number of aliphatic hydroxyl groups is 8. The SMILES string of the molecule is CCCCCC/C=C\CCCCCCCC(=O)NC(COC1OC(CO)C(OC2OC(CO)C(O)C(O)C2O)C(O)C1O)C(O)/C=C/CCCCCCCCCCCCCCCCCCC. The Morgan fingerprint density at radius 3 is 1.45 bits per heavy atom. The Hall–Kier alpha value is -1.53. The fraction of sp³-hybridized carbons (Fsp3) is 0.904. The van der Waals surface area contributed by atoms with E-state index >= 15 is 0 Å². The van der Waals surface area contributed by atoms with Gasteiger partial charge in [-0.25, -0.2) is 0 Å². The average molecular weight is 944 g/mol. The molecule has 2 fully saturated rings. The second-order valence-electron chi connectivity index (χ2n) is 19.0. The summed E-state index contributed by atoms with van der Waals surface area (Å²) in [7, 11) is 0. The van der Waals surface area contributed by atoms with E-state index in [0.717, 1.165) is 57.8 Å². The molecule has 66 heavy (non-hydrogen) atoms. The van der Waals surface area contributed by atoms with Gasteiger partial charge in [-0.15, -0.1) is 0 Å². The number of carbonyl (C=O) groups is 1. The van der Waals surface area contributed by atoms with Gasteiger partial charge in [0.15, 0.2) is 12.6 Å². The molecule has 2 saturated heterocycles. The largest absolute Gasteiger partial charge is 0.394 e. The highest BCUT2D eigenvalue weighted by molar-refractivity contribution is 5.76. The highest BCUT2D eigenvalue weighted by Gasteiger charge is 2.51. The molecule has 12 atom stereocenters. The Kier molecular flexibility index (Phi) is 36.0. The van der Waals surface area contributed by atoms with Gasteiger partial charge in [-0.1, -0.05) is 179 Å². The lowest BCUT2D eigenvalue weighted by Crippen LogP contribution is -2.65. The molecule has 0 radical (unpaired) electrons. The molecule has 12 unspecified atom stereocenters. The van der Waals surface area contributed by atoms with E-state index in [1.165, 1.54) is 122 Å². The van der Waals surface area contributed by atoms with E-state index in [-0.39, 0.29) is 18.9 Å². The summed E-state index contributed by atoms with van der Waals surface area (Å²) in [6.45, 7) is 2.77. The second-order valence-corrected chi connectivity index (χ2v) is 19.0. The van der Waals surface area contributed by atoms with Crippen molar-refractivity contribution in [2.75, 3.05) is 19.8 Å². The lowest BCUT2D eigenvalue weighted by atomic mass is 9.97. The van der Waals surface area contributed by atoms with Crippen LogP contribution in [0.25, 0.3) is 0 Å². The summed E-state index contributed by atoms with van der Waals surface area (Å²) < 4.78 is 22.7. The molecule has 1 amide bonds. The molecule has 0 aromatic carbocycles. The molecule has 0 saturated carbocycles. The van der Waals surface area contributed by atoms with Crippen LogP contribution in [-0.4, -0.2) is 140 Å². The zero-order valence-corrected chi connectivity index (χ0v) is 41.2. The second kappa shape index (κ2) is 39.2. The first-order valence-electron chi connectivity index (χ1n) is 26.6. The molecule has 14 nitrogen and oxygen atoms in total. The first-order chi connectivity index (χ1) is 32.1. The van der Waals surface area contributed by atoms with Crippen LogP contribution in [0.3, 0.4) is 0 Å². The maximum atomic E-state index is 13.2. The van der Waals surface area contributed by atoms with Crippen LogP contribution in [0.1, 0.15) is 206 Å². The Morgan fingerprint density at radius 2 is 0.955 bits per heavy atom. The third-order valence-electron chi connectivity index (χ3n) is 13.1. The van der Waals surface area contributed by atoms with Crippen molar-refractivity contribution in [2.45, 2.75) is 280 Å². The third-order valence-corrected chi connectivity index (χ3v) is 13.1. The lowest BCUT2D eigenvalue weighted by Gasteiger charge is -2.46. The molecule has 0 bridgehead atoms. The van der Waals surface area contributed by atoms with E-state index in [1.807, 2.05) is 6.08 Å². The summed E-state index contributed by atoms with van der Waals surface area (Å²) in [6, 6.07) is -0.915. The molecule has 388 valence electrons. The normalized spacial score (nSPS) is 26.9. The highest BCUT2D eigenvalue weighted by Crippen LogP contribution is 2.30. The summed E-state index contributed by atoms with van der Waals surface area (Å²) in [5, 5.41) is 86.8. The van der Waals surface area contributed by atoms with Gasteiger partial charge < -0.3 is 65.1 Å². The van der Waals surface area contributed by atoms with Gasteiger partial charge in [-0.2, -0.15) is 0 Å². The third kappa shape index (κ3) is 25.9. The van der Waals surface area contributed by atoms with Gasteiger partial charge in [0.05, 0.1) is 32.0 Å². The Bertz CT molecular complexity index is 1210. The van der Waals surface area contributed by atoms with Crippen LogP contribution < -0.4 is 5.32 Å². The molecule has 2 aliphatic heterocycles. The van der Waals surface area contributed by atoms with Gasteiger partial charge in [0.2, 0.25) is 5.91 Å². The first kappa shape index (κ1) is 60.6. The molecule has 14 heteroatoms. The first-order valence-corrected chi connectivity index (χ1v) is 26.6. The molecule has 2 rings (SSSR count). The molecule has 2 heterocycles. The van der Waals surface area contributed by atoms with Crippen LogP contribution >= 0.6 is 0 Å². The van der Waals surface area contributed by atoms with Crippen LogP contribution in [0.4, 0.5) is 0 Å². The smallest absolute Gasteiger partial charge is 0.220 e. The fourth-order valence-electron chi connectivity index (χ4n) is 8.76. The number of ether oxygens (including phenoxy) is 4. The quantitative estimate of drug-likeness (QED) is 0.0216. The number of hydrogen-bond donors (Lipinski definition) is 9. The Labute approximate surface area is 398 Å². The molecule has 9 N–H and O–H groups in total. The van der Waals surface area contributed by atoms with Gasteiger partial charge in [-0.3, -0.25) is 4.79 Å². The molecule has 0 aromatic heterocycles. The zero-order valence-electron chi connectivity index (χ0n) is 41.2. The minimum absolute atomic E-state index is 0.249. The Balaban J connectivity index is 1.83. The minimum Gasteiger partial charge on any atom is -0.394 e. The van der Waals surface area contributed by atoms with Crippen LogP contribution in [0.2, 0.25) is 0 Å². The van der Waals surface area contributed by atoms with Crippen molar-refractivity contribution in [1.29, 1.82) is 0 Å². The lowest BCUT2D eigenvalue weighted by molar-refractivity contribution is -0.359. The van der Waals surface area contributed by atoms with Gasteiger partial charge in [-0.05, 0) is 44.9 Å². The van der Waals surface area contributed by atoms with Crippen molar-refractivity contribution in [2.24, 2.45) is 0 Å². The summed E-state index contributed by atoms with van der Waals surface area (Å²) in [6.07, 6.45) is 26.4. The summed E-state index contributed by atoms with van der Waals surface area (Å²) in [4.78, 5) is 13.2. The van der Waals surface area contributed by atoms with E-state index in [0.29, 0.717) is 6.42 Å². The van der Waals surface area contributed by atoms with Crippen LogP contribution in [0.5, 0.6) is 0 Å². The van der Waals surface area contributed by atoms with E-state index < -0.39 is 86.8 Å². The van der Waals surface area contributed by atoms with Crippen molar-refractivity contribution >= 4 is 5.91 Å². The molecule has 0 spiro atoms. The van der Waals surface area contributed by atoms with Crippen molar-refractivity contribution in [3.05, 3.63) is 24.3 Å². The van der Waals surface area contributed by atoms with Crippen LogP contribution in [0, 0.1) is 0 Å². The van der Waals surface area contributed by atoms with Crippen molar-refractivity contribution in [3.8, 4) is 0 Å². The van der Waals surface area contributed by atoms with E-state index in [1.54, 1.807) is 6.08 Å². The van der Waals surface area contributed by atoms with E-state index in [2.05, 4.69) is 31.3 Å².